The number of hydrogen-bond acceptors (Lipinski definition) is 4. The zero-order valence-corrected chi connectivity index (χ0v) is 14.6. The summed E-state index contributed by atoms with van der Waals surface area (Å²) >= 11 is 0. The lowest BCUT2D eigenvalue weighted by molar-refractivity contribution is -0.154. The molecule has 1 aliphatic carbocycles. The second kappa shape index (κ2) is 8.74. The van der Waals surface area contributed by atoms with Crippen molar-refractivity contribution in [2.75, 3.05) is 26.2 Å². The minimum atomic E-state index is -0.519. The maximum absolute atomic E-state index is 12.7. The number of nitrogens with zero attached hydrogens (tertiary/aromatic N) is 1. The van der Waals surface area contributed by atoms with Gasteiger partial charge in [-0.15, -0.1) is 0 Å². The van der Waals surface area contributed by atoms with Crippen LogP contribution in [0.1, 0.15) is 60.3 Å². The third-order valence-electron chi connectivity index (χ3n) is 4.01. The Hall–Kier alpha value is -0.610. The normalized spacial score (nSPS) is 18.0. The average molecular weight is 298 g/mol. The van der Waals surface area contributed by atoms with Crippen molar-refractivity contribution in [3.63, 3.8) is 0 Å². The van der Waals surface area contributed by atoms with Gasteiger partial charge in [0.2, 0.25) is 0 Å². The van der Waals surface area contributed by atoms with E-state index in [9.17, 15) is 4.79 Å². The Bertz CT molecular complexity index is 310. The van der Waals surface area contributed by atoms with E-state index < -0.39 is 5.54 Å². The van der Waals surface area contributed by atoms with Gasteiger partial charge in [-0.25, -0.2) is 4.79 Å². The largest absolute Gasteiger partial charge is 0.465 e. The van der Waals surface area contributed by atoms with Crippen LogP contribution >= 0.6 is 0 Å². The van der Waals surface area contributed by atoms with E-state index in [0.29, 0.717) is 12.5 Å². The molecule has 0 saturated heterocycles. The van der Waals surface area contributed by atoms with Crippen molar-refractivity contribution < 1.29 is 9.53 Å². The summed E-state index contributed by atoms with van der Waals surface area (Å²) in [4.78, 5) is 15.1. The van der Waals surface area contributed by atoms with Crippen LogP contribution in [0.25, 0.3) is 0 Å². The van der Waals surface area contributed by atoms with Crippen molar-refractivity contribution in [3.05, 3.63) is 0 Å². The molecule has 21 heavy (non-hydrogen) atoms. The topological polar surface area (TPSA) is 41.6 Å². The van der Waals surface area contributed by atoms with Crippen molar-refractivity contribution in [1.82, 2.24) is 10.2 Å². The summed E-state index contributed by atoms with van der Waals surface area (Å²) in [5.41, 5.74) is -0.519. The molecule has 0 bridgehead atoms. The van der Waals surface area contributed by atoms with Gasteiger partial charge in [0.25, 0.3) is 0 Å². The minimum absolute atomic E-state index is 0.0570. The monoisotopic (exact) mass is 298 g/mol. The molecule has 0 radical (unpaired) electrons. The van der Waals surface area contributed by atoms with Crippen LogP contribution in [-0.2, 0) is 9.53 Å². The molecular weight excluding hydrogens is 264 g/mol. The number of rotatable bonds is 11. The lowest BCUT2D eigenvalue weighted by Crippen LogP contribution is -2.63. The highest BCUT2D eigenvalue weighted by atomic mass is 16.5. The molecule has 1 atom stereocenters. The van der Waals surface area contributed by atoms with Gasteiger partial charge in [0.1, 0.15) is 5.54 Å². The van der Waals surface area contributed by atoms with Gasteiger partial charge in [0.15, 0.2) is 0 Å². The van der Waals surface area contributed by atoms with Crippen molar-refractivity contribution in [2.45, 2.75) is 71.9 Å². The average Bonchev–Trinajstić information content (AvgIpc) is 3.22. The first kappa shape index (κ1) is 18.4. The first-order valence-electron chi connectivity index (χ1n) is 8.67. The Kier molecular flexibility index (Phi) is 7.67. The van der Waals surface area contributed by atoms with Gasteiger partial charge in [-0.3, -0.25) is 5.32 Å². The standard InChI is InChI=1S/C17H34N2O2/c1-6-11-19(12-7-2)13-17(15-9-10-15,18-14(4)5)16(20)21-8-3/h14-15,18H,6-13H2,1-5H3. The Balaban J connectivity index is 2.94. The Morgan fingerprint density at radius 3 is 2.19 bits per heavy atom. The zero-order valence-electron chi connectivity index (χ0n) is 14.6. The maximum atomic E-state index is 12.7. The lowest BCUT2D eigenvalue weighted by atomic mass is 9.91. The first-order chi connectivity index (χ1) is 10.00. The molecule has 0 aromatic carbocycles. The summed E-state index contributed by atoms with van der Waals surface area (Å²) in [6.07, 6.45) is 4.49. The van der Waals surface area contributed by atoms with Crippen LogP contribution in [0, 0.1) is 5.92 Å². The van der Waals surface area contributed by atoms with Crippen molar-refractivity contribution in [1.29, 1.82) is 0 Å². The van der Waals surface area contributed by atoms with Gasteiger partial charge in [-0.1, -0.05) is 13.8 Å². The summed E-state index contributed by atoms with van der Waals surface area (Å²) < 4.78 is 5.44. The van der Waals surface area contributed by atoms with E-state index in [1.165, 1.54) is 0 Å². The molecule has 1 aliphatic rings. The van der Waals surface area contributed by atoms with Gasteiger partial charge in [0.05, 0.1) is 6.61 Å². The van der Waals surface area contributed by atoms with Gasteiger partial charge in [0, 0.05) is 12.6 Å². The van der Waals surface area contributed by atoms with Crippen molar-refractivity contribution in [2.24, 2.45) is 5.92 Å². The number of nitrogens with one attached hydrogen (secondary N) is 1. The Morgan fingerprint density at radius 2 is 1.81 bits per heavy atom. The molecule has 4 heteroatoms. The molecule has 0 heterocycles. The quantitative estimate of drug-likeness (QED) is 0.596. The molecule has 0 aliphatic heterocycles. The highest BCUT2D eigenvalue weighted by Crippen LogP contribution is 2.41. The smallest absolute Gasteiger partial charge is 0.327 e. The molecule has 0 aromatic heterocycles. The highest BCUT2D eigenvalue weighted by Gasteiger charge is 2.52. The molecule has 124 valence electrons. The third kappa shape index (κ3) is 5.26. The summed E-state index contributed by atoms with van der Waals surface area (Å²) in [5.74, 6) is 0.369. The SMILES string of the molecule is CCCN(CCC)CC(NC(C)C)(C(=O)OCC)C1CC1. The van der Waals surface area contributed by atoms with E-state index in [2.05, 4.69) is 37.9 Å². The van der Waals surface area contributed by atoms with Crippen LogP contribution in [0.2, 0.25) is 0 Å². The van der Waals surface area contributed by atoms with E-state index >= 15 is 0 Å². The van der Waals surface area contributed by atoms with Gasteiger partial charge in [-0.05, 0) is 65.5 Å². The third-order valence-corrected chi connectivity index (χ3v) is 4.01. The summed E-state index contributed by atoms with van der Waals surface area (Å²) in [6.45, 7) is 13.8. The molecule has 4 nitrogen and oxygen atoms in total. The van der Waals surface area contributed by atoms with Crippen LogP contribution in [0.3, 0.4) is 0 Å². The van der Waals surface area contributed by atoms with E-state index in [1.807, 2.05) is 6.92 Å². The molecule has 1 unspecified atom stereocenters. The minimum Gasteiger partial charge on any atom is -0.465 e. The Labute approximate surface area is 130 Å². The van der Waals surface area contributed by atoms with Gasteiger partial charge >= 0.3 is 5.97 Å². The molecule has 0 amide bonds. The predicted molar refractivity (Wildman–Crippen MR) is 87.4 cm³/mol. The van der Waals surface area contributed by atoms with Crippen LogP contribution in [0.15, 0.2) is 0 Å². The number of carbonyl (C=O) groups excluding carboxylic acids is 1. The highest BCUT2D eigenvalue weighted by molar-refractivity contribution is 5.82. The van der Waals surface area contributed by atoms with Crippen LogP contribution in [0.5, 0.6) is 0 Å². The van der Waals surface area contributed by atoms with E-state index in [-0.39, 0.29) is 12.0 Å². The van der Waals surface area contributed by atoms with E-state index in [1.54, 1.807) is 0 Å². The van der Waals surface area contributed by atoms with Crippen molar-refractivity contribution >= 4 is 5.97 Å². The van der Waals surface area contributed by atoms with E-state index in [0.717, 1.165) is 45.3 Å². The number of esters is 1. The molecule has 0 spiro atoms. The van der Waals surface area contributed by atoms with E-state index in [4.69, 9.17) is 4.74 Å². The van der Waals surface area contributed by atoms with Crippen LogP contribution < -0.4 is 5.32 Å². The van der Waals surface area contributed by atoms with Gasteiger partial charge < -0.3 is 9.64 Å². The molecular formula is C17H34N2O2. The fraction of sp³-hybridized carbons (Fsp3) is 0.941. The second-order valence-electron chi connectivity index (χ2n) is 6.54. The molecule has 1 fully saturated rings. The molecule has 1 saturated carbocycles. The number of hydrogen-bond donors (Lipinski definition) is 1. The predicted octanol–water partition coefficient (Wildman–Crippen LogP) is 2.82. The van der Waals surface area contributed by atoms with Crippen LogP contribution in [0.4, 0.5) is 0 Å². The first-order valence-corrected chi connectivity index (χ1v) is 8.67. The fourth-order valence-electron chi connectivity index (χ4n) is 3.19. The van der Waals surface area contributed by atoms with Gasteiger partial charge in [-0.2, -0.15) is 0 Å². The molecule has 1 N–H and O–H groups in total. The number of carbonyl (C=O) groups is 1. The Morgan fingerprint density at radius 1 is 1.24 bits per heavy atom. The van der Waals surface area contributed by atoms with Crippen molar-refractivity contribution in [3.8, 4) is 0 Å². The second-order valence-corrected chi connectivity index (χ2v) is 6.54. The maximum Gasteiger partial charge on any atom is 0.327 e. The summed E-state index contributed by atoms with van der Waals surface area (Å²) in [5, 5.41) is 3.57. The number of ether oxygens (including phenoxy) is 1. The zero-order chi connectivity index (χ0) is 15.9. The molecule has 1 rings (SSSR count). The molecule has 0 aromatic rings. The summed E-state index contributed by atoms with van der Waals surface area (Å²) in [6, 6.07) is 0.278. The summed E-state index contributed by atoms with van der Waals surface area (Å²) in [7, 11) is 0. The van der Waals surface area contributed by atoms with Crippen LogP contribution in [-0.4, -0.2) is 48.7 Å². The lowest BCUT2D eigenvalue weighted by Gasteiger charge is -2.39. The fourth-order valence-corrected chi connectivity index (χ4v) is 3.19.